The van der Waals surface area contributed by atoms with E-state index in [1.54, 1.807) is 4.90 Å². The number of benzene rings is 2. The molecule has 1 heterocycles. The Bertz CT molecular complexity index is 881. The second-order valence-corrected chi connectivity index (χ2v) is 8.82. The molecule has 0 N–H and O–H groups in total. The van der Waals surface area contributed by atoms with Crippen LogP contribution >= 0.6 is 11.6 Å². The number of rotatable bonds is 5. The van der Waals surface area contributed by atoms with Crippen molar-refractivity contribution in [3.05, 3.63) is 58.1 Å². The van der Waals surface area contributed by atoms with Gasteiger partial charge in [0.1, 0.15) is 0 Å². The maximum absolute atomic E-state index is 11.9. The Morgan fingerprint density at radius 1 is 1.07 bits per heavy atom. The van der Waals surface area contributed by atoms with Gasteiger partial charge in [-0.15, -0.1) is 0 Å². The Balaban J connectivity index is 1.93. The third-order valence-electron chi connectivity index (χ3n) is 5.94. The zero-order valence-electron chi connectivity index (χ0n) is 17.4. The molecule has 0 aromatic heterocycles. The van der Waals surface area contributed by atoms with Gasteiger partial charge in [-0.3, -0.25) is 4.79 Å². The molecule has 0 bridgehead atoms. The van der Waals surface area contributed by atoms with E-state index in [0.717, 1.165) is 34.3 Å². The Hall–Kier alpha value is -1.82. The number of nitrogens with zero attached hydrogens (tertiary/aromatic N) is 1. The molecule has 148 valence electrons. The smallest absolute Gasteiger partial charge is 0.399 e. The minimum absolute atomic E-state index is 0.414. The molecule has 0 aliphatic carbocycles. The van der Waals surface area contributed by atoms with Crippen LogP contribution in [0.1, 0.15) is 44.4 Å². The number of aryl methyl sites for hydroxylation is 1. The van der Waals surface area contributed by atoms with E-state index >= 15 is 0 Å². The van der Waals surface area contributed by atoms with Gasteiger partial charge in [0.25, 0.3) is 0 Å². The van der Waals surface area contributed by atoms with Crippen molar-refractivity contribution in [3.63, 3.8) is 0 Å². The largest absolute Gasteiger partial charge is 0.495 e. The number of hydrogen-bond acceptors (Lipinski definition) is 3. The predicted molar refractivity (Wildman–Crippen MR) is 115 cm³/mol. The van der Waals surface area contributed by atoms with Gasteiger partial charge in [-0.25, -0.2) is 0 Å². The SMILES string of the molecule is Cc1ccc(Cl)cc1CN(C=O)c1cccc(B2OC(C)(C)C(C)(C)O2)c1C. The van der Waals surface area contributed by atoms with Crippen LogP contribution < -0.4 is 10.4 Å². The van der Waals surface area contributed by atoms with Gasteiger partial charge in [0.15, 0.2) is 0 Å². The molecule has 0 saturated carbocycles. The normalized spacial score (nSPS) is 17.6. The first-order valence-corrected chi connectivity index (χ1v) is 9.85. The number of halogens is 1. The number of carbonyl (C=O) groups is 1. The lowest BCUT2D eigenvalue weighted by Crippen LogP contribution is -2.41. The summed E-state index contributed by atoms with van der Waals surface area (Å²) in [5, 5.41) is 0.661. The Morgan fingerprint density at radius 2 is 1.71 bits per heavy atom. The van der Waals surface area contributed by atoms with E-state index < -0.39 is 18.3 Å². The van der Waals surface area contributed by atoms with Crippen LogP contribution in [0.3, 0.4) is 0 Å². The van der Waals surface area contributed by atoms with Crippen LogP contribution in [0.25, 0.3) is 0 Å². The highest BCUT2D eigenvalue weighted by Gasteiger charge is 2.52. The van der Waals surface area contributed by atoms with E-state index in [9.17, 15) is 4.79 Å². The molecule has 3 rings (SSSR count). The Kier molecular flexibility index (Phi) is 5.63. The summed E-state index contributed by atoms with van der Waals surface area (Å²) in [5.41, 5.74) is 4.02. The van der Waals surface area contributed by atoms with Crippen molar-refractivity contribution in [2.24, 2.45) is 0 Å². The first kappa shape index (κ1) is 20.9. The van der Waals surface area contributed by atoms with Crippen LogP contribution in [-0.2, 0) is 20.6 Å². The molecule has 1 aliphatic heterocycles. The summed E-state index contributed by atoms with van der Waals surface area (Å²) >= 11 is 6.15. The van der Waals surface area contributed by atoms with Crippen molar-refractivity contribution >= 4 is 36.3 Å². The fourth-order valence-corrected chi connectivity index (χ4v) is 3.55. The maximum atomic E-state index is 11.9. The first-order valence-electron chi connectivity index (χ1n) is 9.48. The number of amides is 1. The summed E-state index contributed by atoms with van der Waals surface area (Å²) in [4.78, 5) is 13.6. The van der Waals surface area contributed by atoms with E-state index in [1.807, 2.05) is 77.9 Å². The highest BCUT2D eigenvalue weighted by molar-refractivity contribution is 6.62. The van der Waals surface area contributed by atoms with Gasteiger partial charge < -0.3 is 14.2 Å². The van der Waals surface area contributed by atoms with E-state index in [1.165, 1.54) is 0 Å². The third-order valence-corrected chi connectivity index (χ3v) is 6.18. The van der Waals surface area contributed by atoms with Gasteiger partial charge in [0.05, 0.1) is 17.7 Å². The highest BCUT2D eigenvalue weighted by atomic mass is 35.5. The molecular weight excluding hydrogens is 373 g/mol. The minimum atomic E-state index is -0.466. The van der Waals surface area contributed by atoms with E-state index in [0.29, 0.717) is 11.6 Å². The van der Waals surface area contributed by atoms with E-state index in [4.69, 9.17) is 20.9 Å². The van der Waals surface area contributed by atoms with Crippen LogP contribution in [0.4, 0.5) is 5.69 Å². The van der Waals surface area contributed by atoms with Gasteiger partial charge in [-0.1, -0.05) is 29.8 Å². The minimum Gasteiger partial charge on any atom is -0.399 e. The summed E-state index contributed by atoms with van der Waals surface area (Å²) in [6, 6.07) is 11.6. The molecular formula is C22H27BClNO3. The second kappa shape index (κ2) is 7.55. The molecule has 1 fully saturated rings. The van der Waals surface area contributed by atoms with Crippen LogP contribution in [0.5, 0.6) is 0 Å². The van der Waals surface area contributed by atoms with Crippen molar-refractivity contribution in [3.8, 4) is 0 Å². The van der Waals surface area contributed by atoms with Crippen LogP contribution in [0, 0.1) is 13.8 Å². The van der Waals surface area contributed by atoms with Crippen LogP contribution in [0.2, 0.25) is 5.02 Å². The summed E-state index contributed by atoms with van der Waals surface area (Å²) in [7, 11) is -0.466. The summed E-state index contributed by atoms with van der Waals surface area (Å²) in [6.07, 6.45) is 0.858. The molecule has 1 saturated heterocycles. The van der Waals surface area contributed by atoms with Gasteiger partial charge in [0.2, 0.25) is 6.41 Å². The number of anilines is 1. The average molecular weight is 400 g/mol. The fourth-order valence-electron chi connectivity index (χ4n) is 3.35. The van der Waals surface area contributed by atoms with Crippen molar-refractivity contribution in [1.29, 1.82) is 0 Å². The highest BCUT2D eigenvalue weighted by Crippen LogP contribution is 2.37. The average Bonchev–Trinajstić information content (AvgIpc) is 2.83. The van der Waals surface area contributed by atoms with Crippen molar-refractivity contribution in [2.45, 2.75) is 59.3 Å². The second-order valence-electron chi connectivity index (χ2n) is 8.38. The number of carbonyl (C=O) groups excluding carboxylic acids is 1. The summed E-state index contributed by atoms with van der Waals surface area (Å²) in [5.74, 6) is 0. The first-order chi connectivity index (χ1) is 13.1. The monoisotopic (exact) mass is 399 g/mol. The van der Waals surface area contributed by atoms with Crippen molar-refractivity contribution in [1.82, 2.24) is 0 Å². The summed E-state index contributed by atoms with van der Waals surface area (Å²) in [6.45, 7) is 12.6. The molecule has 1 aliphatic rings. The predicted octanol–water partition coefficient (Wildman–Crippen LogP) is 4.42. The molecule has 0 spiro atoms. The molecule has 0 atom stereocenters. The van der Waals surface area contributed by atoms with Crippen molar-refractivity contribution < 1.29 is 14.1 Å². The quantitative estimate of drug-likeness (QED) is 0.552. The molecule has 0 unspecified atom stereocenters. The van der Waals surface area contributed by atoms with Crippen LogP contribution in [-0.4, -0.2) is 24.7 Å². The molecule has 4 nitrogen and oxygen atoms in total. The summed E-state index contributed by atoms with van der Waals surface area (Å²) < 4.78 is 12.4. The molecule has 28 heavy (non-hydrogen) atoms. The molecule has 2 aromatic rings. The lowest BCUT2D eigenvalue weighted by Gasteiger charge is -2.32. The zero-order valence-corrected chi connectivity index (χ0v) is 18.1. The molecule has 1 amide bonds. The fraction of sp³-hybridized carbons (Fsp3) is 0.409. The van der Waals surface area contributed by atoms with Crippen molar-refractivity contribution in [2.75, 3.05) is 4.90 Å². The Labute approximate surface area is 172 Å². The topological polar surface area (TPSA) is 38.8 Å². The standard InChI is InChI=1S/C22H27BClNO3/c1-15-10-11-18(24)12-17(15)13-25(14-26)20-9-7-8-19(16(20)2)23-27-21(3,4)22(5,6)28-23/h7-12,14H,13H2,1-6H3. The number of hydrogen-bond donors (Lipinski definition) is 0. The Morgan fingerprint density at radius 3 is 2.32 bits per heavy atom. The van der Waals surface area contributed by atoms with Gasteiger partial charge in [-0.05, 0) is 81.9 Å². The van der Waals surface area contributed by atoms with Gasteiger partial charge >= 0.3 is 7.12 Å². The lowest BCUT2D eigenvalue weighted by molar-refractivity contribution is -0.107. The maximum Gasteiger partial charge on any atom is 0.495 e. The molecule has 6 heteroatoms. The zero-order chi connectivity index (χ0) is 20.7. The van der Waals surface area contributed by atoms with Gasteiger partial charge in [0, 0.05) is 10.7 Å². The third kappa shape index (κ3) is 3.84. The molecule has 0 radical (unpaired) electrons. The van der Waals surface area contributed by atoms with E-state index in [-0.39, 0.29) is 0 Å². The van der Waals surface area contributed by atoms with Gasteiger partial charge in [-0.2, -0.15) is 0 Å². The van der Waals surface area contributed by atoms with E-state index in [2.05, 4.69) is 0 Å². The van der Waals surface area contributed by atoms with Crippen LogP contribution in [0.15, 0.2) is 36.4 Å². The molecule has 2 aromatic carbocycles. The lowest BCUT2D eigenvalue weighted by atomic mass is 9.75.